The molecular formula is C17H24N2OS. The third-order valence-corrected chi connectivity index (χ3v) is 4.41. The molecule has 0 aliphatic rings. The Balaban J connectivity index is 1.86. The van der Waals surface area contributed by atoms with Gasteiger partial charge in [-0.2, -0.15) is 0 Å². The standard InChI is InChI=1S/C17H24N2OS/c1-12(2)10-14-4-6-15(7-5-14)16(20)11-19-13(3)17-18-8-9-21-17/h4-9,12-13,16,19-20H,10-11H2,1-3H3. The number of aliphatic hydroxyl groups is 1. The highest BCUT2D eigenvalue weighted by atomic mass is 32.1. The molecule has 2 aromatic rings. The molecule has 0 spiro atoms. The van der Waals surface area contributed by atoms with Crippen molar-refractivity contribution in [1.29, 1.82) is 0 Å². The minimum Gasteiger partial charge on any atom is -0.387 e. The zero-order valence-electron chi connectivity index (χ0n) is 12.9. The fourth-order valence-corrected chi connectivity index (χ4v) is 2.96. The summed E-state index contributed by atoms with van der Waals surface area (Å²) in [6, 6.07) is 8.45. The Morgan fingerprint density at radius 1 is 1.19 bits per heavy atom. The number of nitrogens with zero attached hydrogens (tertiary/aromatic N) is 1. The van der Waals surface area contributed by atoms with Crippen LogP contribution in [0.15, 0.2) is 35.8 Å². The highest BCUT2D eigenvalue weighted by Gasteiger charge is 2.12. The van der Waals surface area contributed by atoms with Gasteiger partial charge in [-0.3, -0.25) is 0 Å². The van der Waals surface area contributed by atoms with E-state index in [0.29, 0.717) is 12.5 Å². The molecule has 21 heavy (non-hydrogen) atoms. The van der Waals surface area contributed by atoms with E-state index in [9.17, 15) is 5.11 Å². The summed E-state index contributed by atoms with van der Waals surface area (Å²) in [7, 11) is 0. The Labute approximate surface area is 131 Å². The minimum absolute atomic E-state index is 0.167. The maximum atomic E-state index is 10.3. The Bertz CT molecular complexity index is 522. The van der Waals surface area contributed by atoms with Gasteiger partial charge in [0.05, 0.1) is 12.1 Å². The predicted octanol–water partition coefficient (Wildman–Crippen LogP) is 3.73. The molecule has 0 aliphatic heterocycles. The lowest BCUT2D eigenvalue weighted by Crippen LogP contribution is -2.24. The van der Waals surface area contributed by atoms with Crippen molar-refractivity contribution in [2.45, 2.75) is 39.3 Å². The van der Waals surface area contributed by atoms with Crippen molar-refractivity contribution in [2.24, 2.45) is 5.92 Å². The molecule has 0 amide bonds. The van der Waals surface area contributed by atoms with Crippen LogP contribution in [0.2, 0.25) is 0 Å². The lowest BCUT2D eigenvalue weighted by molar-refractivity contribution is 0.170. The van der Waals surface area contributed by atoms with Crippen LogP contribution < -0.4 is 5.32 Å². The number of hydrogen-bond donors (Lipinski definition) is 2. The monoisotopic (exact) mass is 304 g/mol. The van der Waals surface area contributed by atoms with Gasteiger partial charge in [0.25, 0.3) is 0 Å². The van der Waals surface area contributed by atoms with E-state index >= 15 is 0 Å². The highest BCUT2D eigenvalue weighted by molar-refractivity contribution is 7.09. The second kappa shape index (κ2) is 7.69. The second-order valence-corrected chi connectivity index (χ2v) is 6.78. The maximum Gasteiger partial charge on any atom is 0.109 e. The molecule has 4 heteroatoms. The van der Waals surface area contributed by atoms with Crippen LogP contribution in [-0.4, -0.2) is 16.6 Å². The van der Waals surface area contributed by atoms with Crippen LogP contribution in [0, 0.1) is 5.92 Å². The van der Waals surface area contributed by atoms with Crippen molar-refractivity contribution in [3.05, 3.63) is 52.0 Å². The number of aliphatic hydroxyl groups excluding tert-OH is 1. The van der Waals surface area contributed by atoms with Gasteiger partial charge in [0.1, 0.15) is 5.01 Å². The first kappa shape index (κ1) is 16.1. The Kier molecular flexibility index (Phi) is 5.91. The van der Waals surface area contributed by atoms with Crippen LogP contribution in [0.3, 0.4) is 0 Å². The normalized spacial score (nSPS) is 14.3. The summed E-state index contributed by atoms with van der Waals surface area (Å²) in [4.78, 5) is 4.28. The van der Waals surface area contributed by atoms with E-state index in [1.807, 2.05) is 23.7 Å². The lowest BCUT2D eigenvalue weighted by Gasteiger charge is -2.16. The average Bonchev–Trinajstić information content (AvgIpc) is 2.99. The molecule has 114 valence electrons. The SMILES string of the molecule is CC(C)Cc1ccc(C(O)CNC(C)c2nccs2)cc1. The molecule has 0 bridgehead atoms. The van der Waals surface area contributed by atoms with Gasteiger partial charge >= 0.3 is 0 Å². The van der Waals surface area contributed by atoms with Gasteiger partial charge in [0.15, 0.2) is 0 Å². The topological polar surface area (TPSA) is 45.1 Å². The Morgan fingerprint density at radius 2 is 1.90 bits per heavy atom. The first-order valence-electron chi connectivity index (χ1n) is 7.46. The summed E-state index contributed by atoms with van der Waals surface area (Å²) in [6.45, 7) is 7.03. The molecule has 2 rings (SSSR count). The number of aromatic nitrogens is 1. The van der Waals surface area contributed by atoms with Gasteiger partial charge in [-0.1, -0.05) is 38.1 Å². The van der Waals surface area contributed by atoms with Crippen molar-refractivity contribution in [1.82, 2.24) is 10.3 Å². The largest absolute Gasteiger partial charge is 0.387 e. The van der Waals surface area contributed by atoms with E-state index in [1.54, 1.807) is 11.3 Å². The third-order valence-electron chi connectivity index (χ3n) is 3.45. The van der Waals surface area contributed by atoms with Crippen molar-refractivity contribution in [3.63, 3.8) is 0 Å². The minimum atomic E-state index is -0.486. The van der Waals surface area contributed by atoms with Crippen LogP contribution in [-0.2, 0) is 6.42 Å². The van der Waals surface area contributed by atoms with Crippen LogP contribution >= 0.6 is 11.3 Å². The van der Waals surface area contributed by atoms with Gasteiger partial charge in [0, 0.05) is 18.1 Å². The number of nitrogens with one attached hydrogen (secondary N) is 1. The molecule has 0 saturated carbocycles. The number of thiazole rings is 1. The van der Waals surface area contributed by atoms with E-state index in [1.165, 1.54) is 5.56 Å². The summed E-state index contributed by atoms with van der Waals surface area (Å²) >= 11 is 1.63. The van der Waals surface area contributed by atoms with E-state index in [2.05, 4.69) is 43.2 Å². The number of hydrogen-bond acceptors (Lipinski definition) is 4. The summed E-state index contributed by atoms with van der Waals surface area (Å²) in [5.74, 6) is 0.654. The smallest absolute Gasteiger partial charge is 0.109 e. The molecule has 2 atom stereocenters. The molecule has 1 aromatic carbocycles. The first-order valence-corrected chi connectivity index (χ1v) is 8.34. The molecule has 2 unspecified atom stereocenters. The summed E-state index contributed by atoms with van der Waals surface area (Å²) in [5.41, 5.74) is 2.28. The first-order chi connectivity index (χ1) is 10.1. The maximum absolute atomic E-state index is 10.3. The second-order valence-electron chi connectivity index (χ2n) is 5.86. The van der Waals surface area contributed by atoms with Crippen LogP contribution in [0.25, 0.3) is 0 Å². The van der Waals surface area contributed by atoms with Crippen molar-refractivity contribution in [3.8, 4) is 0 Å². The predicted molar refractivity (Wildman–Crippen MR) is 88.5 cm³/mol. The molecule has 3 nitrogen and oxygen atoms in total. The zero-order chi connectivity index (χ0) is 15.2. The van der Waals surface area contributed by atoms with E-state index in [0.717, 1.165) is 17.0 Å². The summed E-state index contributed by atoms with van der Waals surface area (Å²) in [5, 5.41) is 16.6. The lowest BCUT2D eigenvalue weighted by atomic mass is 10.0. The Hall–Kier alpha value is -1.23. The average molecular weight is 304 g/mol. The van der Waals surface area contributed by atoms with Gasteiger partial charge in [-0.15, -0.1) is 11.3 Å². The van der Waals surface area contributed by atoms with E-state index < -0.39 is 6.10 Å². The third kappa shape index (κ3) is 4.92. The fraction of sp³-hybridized carbons (Fsp3) is 0.471. The highest BCUT2D eigenvalue weighted by Crippen LogP contribution is 2.18. The quantitative estimate of drug-likeness (QED) is 0.819. The van der Waals surface area contributed by atoms with E-state index in [4.69, 9.17) is 0 Å². The summed E-state index contributed by atoms with van der Waals surface area (Å²) in [6.07, 6.45) is 2.40. The van der Waals surface area contributed by atoms with Gasteiger partial charge in [-0.25, -0.2) is 4.98 Å². The number of benzene rings is 1. The van der Waals surface area contributed by atoms with Crippen molar-refractivity contribution >= 4 is 11.3 Å². The summed E-state index contributed by atoms with van der Waals surface area (Å²) < 4.78 is 0. The molecule has 2 N–H and O–H groups in total. The molecule has 0 aliphatic carbocycles. The van der Waals surface area contributed by atoms with Crippen LogP contribution in [0.4, 0.5) is 0 Å². The van der Waals surface area contributed by atoms with Crippen molar-refractivity contribution < 1.29 is 5.11 Å². The number of rotatable bonds is 7. The zero-order valence-corrected chi connectivity index (χ0v) is 13.7. The molecule has 0 fully saturated rings. The molecule has 0 radical (unpaired) electrons. The van der Waals surface area contributed by atoms with E-state index in [-0.39, 0.29) is 6.04 Å². The molecule has 1 aromatic heterocycles. The van der Waals surface area contributed by atoms with Gasteiger partial charge in [-0.05, 0) is 30.4 Å². The van der Waals surface area contributed by atoms with Crippen molar-refractivity contribution in [2.75, 3.05) is 6.54 Å². The fourth-order valence-electron chi connectivity index (χ4n) is 2.29. The van der Waals surface area contributed by atoms with Crippen LogP contribution in [0.5, 0.6) is 0 Å². The molecule has 0 saturated heterocycles. The van der Waals surface area contributed by atoms with Gasteiger partial charge < -0.3 is 10.4 Å². The molecule has 1 heterocycles. The Morgan fingerprint density at radius 3 is 2.48 bits per heavy atom. The van der Waals surface area contributed by atoms with Crippen LogP contribution in [0.1, 0.15) is 49.1 Å². The molecular weight excluding hydrogens is 280 g/mol. The van der Waals surface area contributed by atoms with Gasteiger partial charge in [0.2, 0.25) is 0 Å².